The second-order valence-electron chi connectivity index (χ2n) is 5.38. The summed E-state index contributed by atoms with van der Waals surface area (Å²) in [5.41, 5.74) is 4.21. The molecule has 2 aromatic carbocycles. The van der Waals surface area contributed by atoms with Crippen molar-refractivity contribution in [3.05, 3.63) is 58.6 Å². The first kappa shape index (κ1) is 21.6. The van der Waals surface area contributed by atoms with Gasteiger partial charge in [-0.1, -0.05) is 23.7 Å². The Morgan fingerprint density at radius 1 is 1.14 bits per heavy atom. The number of methoxy groups -OCH3 is 2. The van der Waals surface area contributed by atoms with Gasteiger partial charge >= 0.3 is 6.16 Å². The molecule has 0 aliphatic heterocycles. The Hall–Kier alpha value is -2.71. The van der Waals surface area contributed by atoms with Crippen molar-refractivity contribution in [2.45, 2.75) is 5.75 Å². The molecule has 0 saturated heterocycles. The molecule has 0 radical (unpaired) electrons. The predicted octanol–water partition coefficient (Wildman–Crippen LogP) is 3.88. The molecule has 0 heterocycles. The van der Waals surface area contributed by atoms with Gasteiger partial charge in [-0.2, -0.15) is 5.10 Å². The lowest BCUT2D eigenvalue weighted by Gasteiger charge is -2.08. The third-order valence-electron chi connectivity index (χ3n) is 3.37. The molecule has 28 heavy (non-hydrogen) atoms. The van der Waals surface area contributed by atoms with E-state index in [9.17, 15) is 9.59 Å². The molecule has 2 aromatic rings. The number of benzene rings is 2. The highest BCUT2D eigenvalue weighted by molar-refractivity contribution is 7.99. The molecule has 2 rings (SSSR count). The Bertz CT molecular complexity index is 843. The van der Waals surface area contributed by atoms with E-state index < -0.39 is 6.16 Å². The van der Waals surface area contributed by atoms with Crippen LogP contribution in [0.5, 0.6) is 11.5 Å². The van der Waals surface area contributed by atoms with E-state index in [1.165, 1.54) is 32.2 Å². The summed E-state index contributed by atoms with van der Waals surface area (Å²) in [5, 5.41) is 4.60. The third-order valence-corrected chi connectivity index (χ3v) is 4.62. The van der Waals surface area contributed by atoms with Crippen molar-refractivity contribution < 1.29 is 23.8 Å². The van der Waals surface area contributed by atoms with Gasteiger partial charge in [0.2, 0.25) is 5.91 Å². The van der Waals surface area contributed by atoms with Crippen LogP contribution < -0.4 is 14.9 Å². The molecule has 0 fully saturated rings. The fraction of sp³-hybridized carbons (Fsp3) is 0.211. The monoisotopic (exact) mass is 422 g/mol. The number of nitrogens with zero attached hydrogens (tertiary/aromatic N) is 1. The van der Waals surface area contributed by atoms with Crippen molar-refractivity contribution in [2.24, 2.45) is 5.10 Å². The zero-order chi connectivity index (χ0) is 20.4. The highest BCUT2D eigenvalue weighted by atomic mass is 35.5. The van der Waals surface area contributed by atoms with Crippen LogP contribution in [0.25, 0.3) is 0 Å². The molecular weight excluding hydrogens is 404 g/mol. The molecule has 0 spiro atoms. The van der Waals surface area contributed by atoms with Crippen LogP contribution >= 0.6 is 23.4 Å². The SMILES string of the molecule is COC(=O)Oc1ccc(C=NNC(=O)CSCc2ccc(Cl)cc2)cc1OC. The minimum absolute atomic E-state index is 0.215. The quantitative estimate of drug-likeness (QED) is 0.301. The number of halogens is 1. The largest absolute Gasteiger partial charge is 0.513 e. The van der Waals surface area contributed by atoms with Gasteiger partial charge in [0.15, 0.2) is 11.5 Å². The van der Waals surface area contributed by atoms with E-state index in [0.29, 0.717) is 22.1 Å². The number of nitrogens with one attached hydrogen (secondary N) is 1. The zero-order valence-electron chi connectivity index (χ0n) is 15.3. The van der Waals surface area contributed by atoms with Crippen molar-refractivity contribution in [1.82, 2.24) is 5.43 Å². The Morgan fingerprint density at radius 3 is 2.57 bits per heavy atom. The van der Waals surface area contributed by atoms with Gasteiger partial charge in [-0.25, -0.2) is 10.2 Å². The van der Waals surface area contributed by atoms with Crippen molar-refractivity contribution >= 4 is 41.6 Å². The number of ether oxygens (including phenoxy) is 3. The zero-order valence-corrected chi connectivity index (χ0v) is 16.9. The first-order valence-electron chi connectivity index (χ1n) is 8.09. The second kappa shape index (κ2) is 11.2. The maximum absolute atomic E-state index is 11.8. The van der Waals surface area contributed by atoms with Gasteiger partial charge in [0.1, 0.15) is 0 Å². The Morgan fingerprint density at radius 2 is 1.89 bits per heavy atom. The van der Waals surface area contributed by atoms with Crippen LogP contribution in [0.3, 0.4) is 0 Å². The average molecular weight is 423 g/mol. The lowest BCUT2D eigenvalue weighted by molar-refractivity contribution is -0.118. The normalized spacial score (nSPS) is 10.5. The van der Waals surface area contributed by atoms with Crippen LogP contribution in [0.1, 0.15) is 11.1 Å². The second-order valence-corrected chi connectivity index (χ2v) is 6.80. The Labute approximate surface area is 172 Å². The van der Waals surface area contributed by atoms with Crippen molar-refractivity contribution in [1.29, 1.82) is 0 Å². The van der Waals surface area contributed by atoms with Crippen LogP contribution in [0.4, 0.5) is 4.79 Å². The summed E-state index contributed by atoms with van der Waals surface area (Å²) in [5.74, 6) is 1.31. The van der Waals surface area contributed by atoms with E-state index in [2.05, 4.69) is 15.3 Å². The van der Waals surface area contributed by atoms with Crippen LogP contribution in [-0.4, -0.2) is 38.2 Å². The molecule has 0 aromatic heterocycles. The highest BCUT2D eigenvalue weighted by Gasteiger charge is 2.10. The van der Waals surface area contributed by atoms with E-state index in [4.69, 9.17) is 21.1 Å². The first-order valence-corrected chi connectivity index (χ1v) is 9.63. The molecule has 0 unspecified atom stereocenters. The van der Waals surface area contributed by atoms with Crippen molar-refractivity contribution in [3.63, 3.8) is 0 Å². The number of carbonyl (C=O) groups excluding carboxylic acids is 2. The van der Waals surface area contributed by atoms with Crippen molar-refractivity contribution in [2.75, 3.05) is 20.0 Å². The molecule has 0 atom stereocenters. The lowest BCUT2D eigenvalue weighted by Crippen LogP contribution is -2.19. The number of carbonyl (C=O) groups is 2. The van der Waals surface area contributed by atoms with E-state index in [1.54, 1.807) is 18.2 Å². The Balaban J connectivity index is 1.81. The molecule has 0 aliphatic rings. The van der Waals surface area contributed by atoms with E-state index in [-0.39, 0.29) is 17.4 Å². The third kappa shape index (κ3) is 7.13. The summed E-state index contributed by atoms with van der Waals surface area (Å²) in [6.45, 7) is 0. The molecule has 1 amide bonds. The summed E-state index contributed by atoms with van der Waals surface area (Å²) in [7, 11) is 2.66. The molecule has 0 saturated carbocycles. The van der Waals surface area contributed by atoms with E-state index >= 15 is 0 Å². The highest BCUT2D eigenvalue weighted by Crippen LogP contribution is 2.27. The predicted molar refractivity (Wildman–Crippen MR) is 109 cm³/mol. The molecule has 0 aliphatic carbocycles. The van der Waals surface area contributed by atoms with Crippen LogP contribution in [-0.2, 0) is 15.3 Å². The van der Waals surface area contributed by atoms with Crippen LogP contribution in [0, 0.1) is 0 Å². The fourth-order valence-electron chi connectivity index (χ4n) is 2.03. The summed E-state index contributed by atoms with van der Waals surface area (Å²) in [4.78, 5) is 23.0. The van der Waals surface area contributed by atoms with Gasteiger partial charge < -0.3 is 14.2 Å². The summed E-state index contributed by atoms with van der Waals surface area (Å²) in [6.07, 6.45) is 0.620. The summed E-state index contributed by atoms with van der Waals surface area (Å²) < 4.78 is 14.6. The van der Waals surface area contributed by atoms with Gasteiger partial charge in [-0.3, -0.25) is 4.79 Å². The molecule has 1 N–H and O–H groups in total. The summed E-state index contributed by atoms with van der Waals surface area (Å²) in [6, 6.07) is 12.3. The topological polar surface area (TPSA) is 86.2 Å². The van der Waals surface area contributed by atoms with Gasteiger partial charge in [0, 0.05) is 10.8 Å². The number of thioether (sulfide) groups is 1. The molecule has 148 valence electrons. The fourth-order valence-corrected chi connectivity index (χ4v) is 2.94. The minimum Gasteiger partial charge on any atom is -0.493 e. The standard InChI is InChI=1S/C19H19ClN2O5S/c1-25-17-9-14(5-8-16(17)27-19(24)26-2)10-21-22-18(23)12-28-11-13-3-6-15(20)7-4-13/h3-10H,11-12H2,1-2H3,(H,22,23). The van der Waals surface area contributed by atoms with Crippen LogP contribution in [0.15, 0.2) is 47.6 Å². The van der Waals surface area contributed by atoms with Crippen LogP contribution in [0.2, 0.25) is 5.02 Å². The van der Waals surface area contributed by atoms with Crippen molar-refractivity contribution in [3.8, 4) is 11.5 Å². The smallest absolute Gasteiger partial charge is 0.493 e. The van der Waals surface area contributed by atoms with Gasteiger partial charge in [0.05, 0.1) is 26.2 Å². The number of hydrazone groups is 1. The Kier molecular flexibility index (Phi) is 8.64. The number of hydrogen-bond donors (Lipinski definition) is 1. The first-order chi connectivity index (χ1) is 13.5. The molecular formula is C19H19ClN2O5S. The van der Waals surface area contributed by atoms with Gasteiger partial charge in [-0.05, 0) is 41.5 Å². The number of amides is 1. The lowest BCUT2D eigenvalue weighted by atomic mass is 10.2. The van der Waals surface area contributed by atoms with Gasteiger partial charge in [-0.15, -0.1) is 11.8 Å². The maximum Gasteiger partial charge on any atom is 0.513 e. The van der Waals surface area contributed by atoms with Gasteiger partial charge in [0.25, 0.3) is 0 Å². The number of rotatable bonds is 8. The minimum atomic E-state index is -0.844. The number of hydrogen-bond acceptors (Lipinski definition) is 7. The molecule has 0 bridgehead atoms. The summed E-state index contributed by atoms with van der Waals surface area (Å²) >= 11 is 7.31. The molecule has 9 heteroatoms. The van der Waals surface area contributed by atoms with E-state index in [0.717, 1.165) is 5.56 Å². The average Bonchev–Trinajstić information content (AvgIpc) is 2.70. The molecule has 7 nitrogen and oxygen atoms in total. The van der Waals surface area contributed by atoms with E-state index in [1.807, 2.05) is 24.3 Å². The maximum atomic E-state index is 11.8.